The largest absolute Gasteiger partial charge is 0.497 e. The van der Waals surface area contributed by atoms with Crippen molar-refractivity contribution < 1.29 is 24.2 Å². The zero-order valence-electron chi connectivity index (χ0n) is 27.0. The van der Waals surface area contributed by atoms with E-state index >= 15 is 0 Å². The van der Waals surface area contributed by atoms with Gasteiger partial charge in [-0.2, -0.15) is 0 Å². The molecule has 1 spiro atoms. The number of hydrogen-bond donors (Lipinski definition) is 1. The molecule has 3 aromatic rings. The average molecular weight is 627 g/mol. The van der Waals surface area contributed by atoms with Gasteiger partial charge in [-0.05, 0) is 60.7 Å². The maximum Gasteiger partial charge on any atom is 0.264 e. The van der Waals surface area contributed by atoms with E-state index in [1.54, 1.807) is 7.11 Å². The molecule has 7 nitrogen and oxygen atoms in total. The topological polar surface area (TPSA) is 79.3 Å². The summed E-state index contributed by atoms with van der Waals surface area (Å²) < 4.78 is 12.4. The number of hydrogen-bond acceptors (Lipinski definition) is 5. The van der Waals surface area contributed by atoms with E-state index < -0.39 is 13.7 Å². The number of benzene rings is 3. The van der Waals surface area contributed by atoms with Crippen molar-refractivity contribution in [2.45, 2.75) is 82.3 Å². The van der Waals surface area contributed by atoms with Gasteiger partial charge in [0.1, 0.15) is 5.75 Å². The van der Waals surface area contributed by atoms with E-state index in [1.165, 1.54) is 5.19 Å². The third-order valence-corrected chi connectivity index (χ3v) is 14.9. The van der Waals surface area contributed by atoms with E-state index in [0.717, 1.165) is 60.5 Å². The minimum atomic E-state index is -2.23. The lowest BCUT2D eigenvalue weighted by molar-refractivity contribution is -0.146. The molecule has 3 aromatic carbocycles. The van der Waals surface area contributed by atoms with Crippen molar-refractivity contribution in [3.63, 3.8) is 0 Å². The fourth-order valence-electron chi connectivity index (χ4n) is 8.26. The Bertz CT molecular complexity index is 1540. The highest BCUT2D eigenvalue weighted by Gasteiger charge is 2.66. The van der Waals surface area contributed by atoms with Crippen molar-refractivity contribution >= 4 is 36.4 Å². The van der Waals surface area contributed by atoms with Crippen LogP contribution in [0.25, 0.3) is 0 Å². The number of methoxy groups -OCH3 is 1. The molecule has 1 N–H and O–H groups in total. The van der Waals surface area contributed by atoms with Crippen LogP contribution in [-0.2, 0) is 26.5 Å². The second-order valence-electron chi connectivity index (χ2n) is 13.5. The lowest BCUT2D eigenvalue weighted by Gasteiger charge is -2.37. The first-order chi connectivity index (χ1) is 21.7. The van der Waals surface area contributed by atoms with Crippen molar-refractivity contribution in [3.05, 3.63) is 83.9 Å². The molecule has 3 aliphatic heterocycles. The number of aliphatic hydroxyl groups excluding tert-OH is 1. The highest BCUT2D eigenvalue weighted by molar-refractivity contribution is 6.91. The molecule has 2 saturated heterocycles. The third-order valence-electron chi connectivity index (χ3n) is 10.5. The van der Waals surface area contributed by atoms with Crippen LogP contribution in [0.3, 0.4) is 0 Å². The van der Waals surface area contributed by atoms with Gasteiger partial charge in [0.15, 0.2) is 5.60 Å². The zero-order chi connectivity index (χ0) is 31.8. The predicted molar refractivity (Wildman–Crippen MR) is 181 cm³/mol. The lowest BCUT2D eigenvalue weighted by atomic mass is 9.82. The molecule has 3 heterocycles. The standard InChI is InChI=1S/C37H46N2O5Si/c1-26-35(45(3,4)30-19-17-29(43-2)18-20-30)33(21-23-40)44-37(26)31-14-8-9-15-32(31)39(36(37)42)25-27-12-11-13-28(24-27)38-22-10-6-5-7-16-34(38)41/h8-9,11-15,17-20,24,26,33,35,40H,5-7,10,16,21-23,25H2,1-4H3/t26-,33+,35-,37+/m0/s1. The van der Waals surface area contributed by atoms with Crippen LogP contribution < -0.4 is 19.7 Å². The lowest BCUT2D eigenvalue weighted by Crippen LogP contribution is -2.51. The molecule has 238 valence electrons. The Morgan fingerprint density at radius 3 is 2.49 bits per heavy atom. The summed E-state index contributed by atoms with van der Waals surface area (Å²) in [5.41, 5.74) is 2.61. The second kappa shape index (κ2) is 12.7. The van der Waals surface area contributed by atoms with Crippen LogP contribution in [-0.4, -0.2) is 51.4 Å². The van der Waals surface area contributed by atoms with E-state index in [0.29, 0.717) is 19.4 Å². The van der Waals surface area contributed by atoms with Gasteiger partial charge in [0.25, 0.3) is 5.91 Å². The quantitative estimate of drug-likeness (QED) is 0.304. The molecular formula is C37H46N2O5Si. The van der Waals surface area contributed by atoms with Gasteiger partial charge in [-0.15, -0.1) is 0 Å². The predicted octanol–water partition coefficient (Wildman–Crippen LogP) is 6.14. The molecule has 4 atom stereocenters. The molecule has 0 unspecified atom stereocenters. The molecule has 0 bridgehead atoms. The summed E-state index contributed by atoms with van der Waals surface area (Å²) >= 11 is 0. The molecule has 2 fully saturated rings. The molecule has 8 heteroatoms. The minimum absolute atomic E-state index is 0.00137. The summed E-state index contributed by atoms with van der Waals surface area (Å²) in [6.07, 6.45) is 4.98. The van der Waals surface area contributed by atoms with E-state index in [4.69, 9.17) is 9.47 Å². The van der Waals surface area contributed by atoms with Crippen molar-refractivity contribution in [3.8, 4) is 5.75 Å². The smallest absolute Gasteiger partial charge is 0.264 e. The van der Waals surface area contributed by atoms with Gasteiger partial charge in [0.2, 0.25) is 5.91 Å². The Morgan fingerprint density at radius 1 is 0.978 bits per heavy atom. The SMILES string of the molecule is COc1ccc([Si](C)(C)[C@@H]2[C@@H](CCO)O[C@]3(C(=O)N(Cc4cccc(N5CCCCCCC5=O)c4)c4ccccc43)[C@H]2C)cc1. The van der Waals surface area contributed by atoms with Crippen LogP contribution in [0.1, 0.15) is 56.6 Å². The number of rotatable bonds is 8. The minimum Gasteiger partial charge on any atom is -0.497 e. The van der Waals surface area contributed by atoms with Crippen LogP contribution in [0.4, 0.5) is 11.4 Å². The number of para-hydroxylation sites is 1. The van der Waals surface area contributed by atoms with E-state index in [2.05, 4.69) is 38.2 Å². The molecule has 0 saturated carbocycles. The molecular weight excluding hydrogens is 581 g/mol. The summed E-state index contributed by atoms with van der Waals surface area (Å²) in [6, 6.07) is 24.4. The van der Waals surface area contributed by atoms with Gasteiger partial charge in [0, 0.05) is 36.7 Å². The highest BCUT2D eigenvalue weighted by atomic mass is 28.3. The van der Waals surface area contributed by atoms with Crippen LogP contribution in [0.5, 0.6) is 5.75 Å². The van der Waals surface area contributed by atoms with Crippen LogP contribution in [0.2, 0.25) is 18.6 Å². The molecule has 0 aliphatic carbocycles. The molecule has 45 heavy (non-hydrogen) atoms. The van der Waals surface area contributed by atoms with Gasteiger partial charge < -0.3 is 24.4 Å². The highest BCUT2D eigenvalue weighted by Crippen LogP contribution is 2.60. The number of ether oxygens (including phenoxy) is 2. The fraction of sp³-hybridized carbons (Fsp3) is 0.459. The number of carbonyl (C=O) groups excluding carboxylic acids is 2. The number of carbonyl (C=O) groups is 2. The van der Waals surface area contributed by atoms with Gasteiger partial charge in [0.05, 0.1) is 33.5 Å². The summed E-state index contributed by atoms with van der Waals surface area (Å²) in [6.45, 7) is 7.99. The van der Waals surface area contributed by atoms with Crippen molar-refractivity contribution in [1.29, 1.82) is 0 Å². The fourth-order valence-corrected chi connectivity index (χ4v) is 12.3. The van der Waals surface area contributed by atoms with E-state index in [9.17, 15) is 14.7 Å². The Labute approximate surface area is 268 Å². The Balaban J connectivity index is 1.35. The summed E-state index contributed by atoms with van der Waals surface area (Å²) in [7, 11) is -0.554. The van der Waals surface area contributed by atoms with Crippen LogP contribution in [0, 0.1) is 5.92 Å². The number of fused-ring (bicyclic) bond motifs is 2. The molecule has 3 aliphatic rings. The number of anilines is 2. The number of aliphatic hydroxyl groups is 1. The van der Waals surface area contributed by atoms with Crippen molar-refractivity contribution in [1.82, 2.24) is 0 Å². The molecule has 0 aromatic heterocycles. The first-order valence-electron chi connectivity index (χ1n) is 16.5. The average Bonchev–Trinajstić information content (AvgIpc) is 3.46. The van der Waals surface area contributed by atoms with Crippen LogP contribution >= 0.6 is 0 Å². The Hall–Kier alpha value is -3.46. The van der Waals surface area contributed by atoms with Crippen molar-refractivity contribution in [2.75, 3.05) is 30.1 Å². The van der Waals surface area contributed by atoms with Gasteiger partial charge in [-0.25, -0.2) is 0 Å². The van der Waals surface area contributed by atoms with Gasteiger partial charge >= 0.3 is 0 Å². The normalized spacial score (nSPS) is 25.4. The number of amides is 2. The maximum atomic E-state index is 14.8. The molecule has 6 rings (SSSR count). The molecule has 2 amide bonds. The van der Waals surface area contributed by atoms with E-state index in [1.807, 2.05) is 64.4 Å². The monoisotopic (exact) mass is 626 g/mol. The second-order valence-corrected chi connectivity index (χ2v) is 18.1. The first kappa shape index (κ1) is 31.5. The molecule has 0 radical (unpaired) electrons. The summed E-state index contributed by atoms with van der Waals surface area (Å²) in [5.74, 6) is 0.833. The summed E-state index contributed by atoms with van der Waals surface area (Å²) in [4.78, 5) is 31.6. The third kappa shape index (κ3) is 5.51. The first-order valence-corrected chi connectivity index (χ1v) is 19.5. The van der Waals surface area contributed by atoms with Gasteiger partial charge in [-0.1, -0.05) is 80.5 Å². The zero-order valence-corrected chi connectivity index (χ0v) is 28.0. The maximum absolute atomic E-state index is 14.8. The Kier molecular flexibility index (Phi) is 8.92. The Morgan fingerprint density at radius 2 is 1.73 bits per heavy atom. The number of nitrogens with zero attached hydrogens (tertiary/aromatic N) is 2. The van der Waals surface area contributed by atoms with Crippen molar-refractivity contribution in [2.24, 2.45) is 5.92 Å². The van der Waals surface area contributed by atoms with Crippen LogP contribution in [0.15, 0.2) is 72.8 Å². The van der Waals surface area contributed by atoms with Gasteiger partial charge in [-0.3, -0.25) is 9.59 Å². The summed E-state index contributed by atoms with van der Waals surface area (Å²) in [5, 5.41) is 11.4. The van der Waals surface area contributed by atoms with E-state index in [-0.39, 0.29) is 36.0 Å².